The number of hydrogen-bond acceptors (Lipinski definition) is 3. The highest BCUT2D eigenvalue weighted by atomic mass is 32.2. The first-order valence-corrected chi connectivity index (χ1v) is 8.42. The summed E-state index contributed by atoms with van der Waals surface area (Å²) in [4.78, 5) is 15.1. The minimum absolute atomic E-state index is 0.112. The Labute approximate surface area is 133 Å². The Kier molecular flexibility index (Phi) is 4.41. The lowest BCUT2D eigenvalue weighted by Crippen LogP contribution is -2.57. The zero-order chi connectivity index (χ0) is 15.7. The van der Waals surface area contributed by atoms with Crippen LogP contribution in [0.3, 0.4) is 0 Å². The zero-order valence-electron chi connectivity index (χ0n) is 12.5. The Morgan fingerprint density at radius 3 is 2.41 bits per heavy atom. The van der Waals surface area contributed by atoms with Gasteiger partial charge in [-0.15, -0.1) is 0 Å². The smallest absolute Gasteiger partial charge is 0.295 e. The lowest BCUT2D eigenvalue weighted by molar-refractivity contribution is 0.0620. The summed E-state index contributed by atoms with van der Waals surface area (Å²) >= 11 is 0.495. The summed E-state index contributed by atoms with van der Waals surface area (Å²) < 4.78 is 25.9. The van der Waals surface area contributed by atoms with Crippen LogP contribution in [0.4, 0.5) is 8.78 Å². The molecule has 0 aromatic heterocycles. The summed E-state index contributed by atoms with van der Waals surface area (Å²) in [6.45, 7) is 4.06. The van der Waals surface area contributed by atoms with E-state index in [0.717, 1.165) is 39.4 Å². The van der Waals surface area contributed by atoms with E-state index >= 15 is 0 Å². The van der Waals surface area contributed by atoms with Crippen molar-refractivity contribution >= 4 is 17.7 Å². The molecule has 0 aliphatic carbocycles. The van der Waals surface area contributed by atoms with Crippen molar-refractivity contribution in [3.63, 3.8) is 0 Å². The molecule has 1 amide bonds. The number of alkyl halides is 2. The van der Waals surface area contributed by atoms with Gasteiger partial charge in [-0.2, -0.15) is 8.78 Å². The number of carbonyl (C=O) groups excluding carboxylic acids is 1. The Morgan fingerprint density at radius 2 is 1.91 bits per heavy atom. The number of nitrogens with zero attached hydrogens (tertiary/aromatic N) is 1. The van der Waals surface area contributed by atoms with Crippen molar-refractivity contribution in [2.75, 3.05) is 19.6 Å². The number of rotatable bonds is 4. The van der Waals surface area contributed by atoms with Gasteiger partial charge in [-0.3, -0.25) is 4.79 Å². The summed E-state index contributed by atoms with van der Waals surface area (Å²) in [6, 6.07) is 6.60. The fraction of sp³-hybridized carbons (Fsp3) is 0.562. The van der Waals surface area contributed by atoms with E-state index in [-0.39, 0.29) is 11.9 Å². The molecule has 3 saturated heterocycles. The van der Waals surface area contributed by atoms with E-state index in [1.165, 1.54) is 0 Å². The molecule has 0 unspecified atom stereocenters. The average molecular weight is 326 g/mol. The van der Waals surface area contributed by atoms with Crippen LogP contribution in [0.15, 0.2) is 29.2 Å². The molecular formula is C16H20F2N2OS. The quantitative estimate of drug-likeness (QED) is 0.862. The fourth-order valence-corrected chi connectivity index (χ4v) is 3.95. The molecule has 3 aliphatic heterocycles. The van der Waals surface area contributed by atoms with Gasteiger partial charge < -0.3 is 10.2 Å². The molecule has 1 atom stereocenters. The normalized spacial score (nSPS) is 27.7. The first-order valence-electron chi connectivity index (χ1n) is 7.61. The van der Waals surface area contributed by atoms with E-state index in [4.69, 9.17) is 0 Å². The van der Waals surface area contributed by atoms with Crippen LogP contribution in [0.1, 0.15) is 30.1 Å². The monoisotopic (exact) mass is 326 g/mol. The van der Waals surface area contributed by atoms with Crippen molar-refractivity contribution < 1.29 is 13.6 Å². The predicted octanol–water partition coefficient (Wildman–Crippen LogP) is 3.22. The number of hydrogen-bond donors (Lipinski definition) is 1. The number of thioether (sulfide) groups is 1. The van der Waals surface area contributed by atoms with Gasteiger partial charge in [0, 0.05) is 30.0 Å². The van der Waals surface area contributed by atoms with Crippen LogP contribution < -0.4 is 5.32 Å². The van der Waals surface area contributed by atoms with Gasteiger partial charge in [0.2, 0.25) is 0 Å². The Bertz CT molecular complexity index is 536. The van der Waals surface area contributed by atoms with Crippen molar-refractivity contribution in [2.24, 2.45) is 5.92 Å². The molecular weight excluding hydrogens is 306 g/mol. The van der Waals surface area contributed by atoms with E-state index in [1.54, 1.807) is 24.3 Å². The van der Waals surface area contributed by atoms with Crippen molar-refractivity contribution in [1.29, 1.82) is 0 Å². The van der Waals surface area contributed by atoms with Crippen LogP contribution in [-0.4, -0.2) is 41.7 Å². The number of carbonyl (C=O) groups is 1. The van der Waals surface area contributed by atoms with Gasteiger partial charge >= 0.3 is 0 Å². The summed E-state index contributed by atoms with van der Waals surface area (Å²) in [6.07, 6.45) is 2.29. The molecule has 0 radical (unpaired) electrons. The van der Waals surface area contributed by atoms with Crippen LogP contribution in [0.5, 0.6) is 0 Å². The molecule has 4 rings (SSSR count). The molecule has 1 N–H and O–H groups in total. The molecule has 1 aromatic carbocycles. The second-order valence-corrected chi connectivity index (χ2v) is 7.54. The highest BCUT2D eigenvalue weighted by Gasteiger charge is 2.34. The fourth-order valence-electron chi connectivity index (χ4n) is 3.26. The maximum absolute atomic E-state index is 12.9. The first-order chi connectivity index (χ1) is 10.4. The molecule has 6 heteroatoms. The zero-order valence-corrected chi connectivity index (χ0v) is 13.3. The second kappa shape index (κ2) is 6.16. The van der Waals surface area contributed by atoms with Crippen LogP contribution in [0, 0.1) is 5.92 Å². The molecule has 3 nitrogen and oxygen atoms in total. The average Bonchev–Trinajstić information content (AvgIpc) is 2.47. The van der Waals surface area contributed by atoms with Crippen LogP contribution in [-0.2, 0) is 0 Å². The topological polar surface area (TPSA) is 32.3 Å². The Hall–Kier alpha value is -1.14. The Morgan fingerprint density at radius 1 is 1.27 bits per heavy atom. The van der Waals surface area contributed by atoms with Crippen LogP contribution in [0.2, 0.25) is 0 Å². The third-order valence-corrected chi connectivity index (χ3v) is 5.25. The van der Waals surface area contributed by atoms with E-state index in [0.29, 0.717) is 28.1 Å². The van der Waals surface area contributed by atoms with Crippen molar-refractivity contribution in [1.82, 2.24) is 10.2 Å². The standard InChI is InChI=1S/C16H20F2N2OS/c1-16(17,18)22-13-4-2-12(3-5-13)15(21)19-14-10-20-8-6-11(14)7-9-20/h2-5,11,14H,6-10H2,1H3,(H,19,21)/t14-/m1/s1. The van der Waals surface area contributed by atoms with Gasteiger partial charge in [0.25, 0.3) is 11.2 Å². The second-order valence-electron chi connectivity index (χ2n) is 6.15. The third-order valence-electron chi connectivity index (χ3n) is 4.39. The number of benzene rings is 1. The summed E-state index contributed by atoms with van der Waals surface area (Å²) in [5.74, 6) is 0.459. The van der Waals surface area contributed by atoms with Crippen molar-refractivity contribution in [2.45, 2.75) is 36.0 Å². The molecule has 3 heterocycles. The van der Waals surface area contributed by atoms with Gasteiger partial charge in [-0.25, -0.2) is 0 Å². The maximum atomic E-state index is 12.9. The summed E-state index contributed by atoms with van der Waals surface area (Å²) in [5.41, 5.74) is 0.528. The SMILES string of the molecule is CC(F)(F)Sc1ccc(C(=O)N[C@@H]2CN3CCC2CC3)cc1. The molecule has 0 spiro atoms. The molecule has 22 heavy (non-hydrogen) atoms. The Balaban J connectivity index is 1.60. The highest BCUT2D eigenvalue weighted by Crippen LogP contribution is 2.35. The number of piperidine rings is 3. The lowest BCUT2D eigenvalue weighted by atomic mass is 9.84. The first kappa shape index (κ1) is 15.7. The molecule has 120 valence electrons. The lowest BCUT2D eigenvalue weighted by Gasteiger charge is -2.44. The van der Waals surface area contributed by atoms with Crippen LogP contribution in [0.25, 0.3) is 0 Å². The van der Waals surface area contributed by atoms with E-state index in [9.17, 15) is 13.6 Å². The molecule has 0 saturated carbocycles. The molecule has 3 fully saturated rings. The van der Waals surface area contributed by atoms with E-state index in [2.05, 4.69) is 10.2 Å². The number of nitrogens with one attached hydrogen (secondary N) is 1. The maximum Gasteiger partial charge on any atom is 0.295 e. The molecule has 1 aromatic rings. The van der Waals surface area contributed by atoms with E-state index in [1.807, 2.05) is 0 Å². The largest absolute Gasteiger partial charge is 0.348 e. The van der Waals surface area contributed by atoms with Gasteiger partial charge in [-0.05, 0) is 56.1 Å². The van der Waals surface area contributed by atoms with Crippen molar-refractivity contribution in [3.8, 4) is 0 Å². The number of fused-ring (bicyclic) bond motifs is 3. The number of amides is 1. The molecule has 3 aliphatic rings. The van der Waals surface area contributed by atoms with Crippen LogP contribution >= 0.6 is 11.8 Å². The van der Waals surface area contributed by atoms with Crippen molar-refractivity contribution in [3.05, 3.63) is 29.8 Å². The van der Waals surface area contributed by atoms with Gasteiger partial charge in [0.05, 0.1) is 0 Å². The highest BCUT2D eigenvalue weighted by molar-refractivity contribution is 8.00. The summed E-state index contributed by atoms with van der Waals surface area (Å²) in [7, 11) is 0. The summed E-state index contributed by atoms with van der Waals surface area (Å²) in [5, 5.41) is 0.293. The number of halogens is 2. The van der Waals surface area contributed by atoms with Gasteiger partial charge in [0.15, 0.2) is 0 Å². The molecule has 2 bridgehead atoms. The predicted molar refractivity (Wildman–Crippen MR) is 83.3 cm³/mol. The minimum atomic E-state index is -2.81. The van der Waals surface area contributed by atoms with Gasteiger partial charge in [-0.1, -0.05) is 11.8 Å². The third kappa shape index (κ3) is 3.79. The van der Waals surface area contributed by atoms with Gasteiger partial charge in [0.1, 0.15) is 0 Å². The minimum Gasteiger partial charge on any atom is -0.348 e. The van der Waals surface area contributed by atoms with E-state index < -0.39 is 5.25 Å².